The summed E-state index contributed by atoms with van der Waals surface area (Å²) in [5.74, 6) is -0.295. The van der Waals surface area contributed by atoms with E-state index in [1.165, 1.54) is 6.92 Å². The molecule has 0 aromatic rings. The predicted molar refractivity (Wildman–Crippen MR) is 51.3 cm³/mol. The van der Waals surface area contributed by atoms with Crippen LogP contribution < -0.4 is 0 Å². The van der Waals surface area contributed by atoms with E-state index in [-0.39, 0.29) is 5.97 Å². The number of carbonyl (C=O) groups excluding carboxylic acids is 1. The second-order valence-electron chi connectivity index (χ2n) is 2.29. The van der Waals surface area contributed by atoms with Gasteiger partial charge in [0.1, 0.15) is 10.5 Å². The lowest BCUT2D eigenvalue weighted by Crippen LogP contribution is -2.17. The molecule has 0 amide bonds. The average Bonchev–Trinajstić information content (AvgIpc) is 1.98. The van der Waals surface area contributed by atoms with Gasteiger partial charge in [0.2, 0.25) is 4.52 Å². The quantitative estimate of drug-likeness (QED) is 0.303. The van der Waals surface area contributed by atoms with E-state index >= 15 is 0 Å². The summed E-state index contributed by atoms with van der Waals surface area (Å²) in [6, 6.07) is 0. The van der Waals surface area contributed by atoms with Crippen LogP contribution in [0.25, 0.3) is 0 Å². The van der Waals surface area contributed by atoms with Crippen LogP contribution >= 0.6 is 23.2 Å². The highest BCUT2D eigenvalue weighted by atomic mass is 35.5. The molecule has 0 aliphatic carbocycles. The van der Waals surface area contributed by atoms with Gasteiger partial charge in [-0.15, -0.1) is 0 Å². The number of hydrogen-bond donors (Lipinski definition) is 0. The molecule has 0 aliphatic heterocycles. The maximum absolute atomic E-state index is 10.3. The number of carbonyl (C=O) groups is 1. The highest BCUT2D eigenvalue weighted by Gasteiger charge is 2.21. The summed E-state index contributed by atoms with van der Waals surface area (Å²) < 4.78 is 8.45. The van der Waals surface area contributed by atoms with Gasteiger partial charge in [-0.3, -0.25) is 4.79 Å². The van der Waals surface area contributed by atoms with Gasteiger partial charge in [-0.1, -0.05) is 23.2 Å². The van der Waals surface area contributed by atoms with Crippen molar-refractivity contribution in [3.05, 3.63) is 0 Å². The van der Waals surface area contributed by atoms with Gasteiger partial charge in [0.05, 0.1) is 6.61 Å². The summed E-state index contributed by atoms with van der Waals surface area (Å²) in [6.45, 7) is 1.69. The van der Waals surface area contributed by atoms with Crippen molar-refractivity contribution in [1.82, 2.24) is 0 Å². The summed E-state index contributed by atoms with van der Waals surface area (Å²) in [7, 11) is 0.491. The van der Waals surface area contributed by atoms with Crippen LogP contribution in [0.1, 0.15) is 19.8 Å². The largest absolute Gasteiger partial charge is 0.466 e. The van der Waals surface area contributed by atoms with Crippen molar-refractivity contribution >= 4 is 39.7 Å². The first-order valence-corrected chi connectivity index (χ1v) is 5.11. The highest BCUT2D eigenvalue weighted by molar-refractivity contribution is 6.48. The van der Waals surface area contributed by atoms with Gasteiger partial charge in [-0.05, 0) is 6.42 Å². The van der Waals surface area contributed by atoms with Crippen molar-refractivity contribution in [1.29, 1.82) is 0 Å². The third-order valence-corrected chi connectivity index (χ3v) is 3.12. The zero-order chi connectivity index (χ0) is 9.61. The van der Waals surface area contributed by atoms with Gasteiger partial charge in [0, 0.05) is 13.3 Å². The molecule has 0 saturated carbocycles. The van der Waals surface area contributed by atoms with Crippen LogP contribution in [0.3, 0.4) is 0 Å². The van der Waals surface area contributed by atoms with E-state index in [2.05, 4.69) is 4.74 Å². The maximum Gasteiger partial charge on any atom is 0.302 e. The van der Waals surface area contributed by atoms with Gasteiger partial charge >= 0.3 is 5.97 Å². The molecule has 0 rings (SSSR count). The first kappa shape index (κ1) is 12.2. The molecule has 0 aromatic heterocycles. The Morgan fingerprint density at radius 3 is 2.58 bits per heavy atom. The number of ether oxygens (including phenoxy) is 1. The fraction of sp³-hybridized carbons (Fsp3) is 0.833. The average molecular weight is 231 g/mol. The molecule has 0 fully saturated rings. The summed E-state index contributed by atoms with van der Waals surface area (Å²) >= 11 is 11.3. The minimum atomic E-state index is -1.10. The molecule has 3 nitrogen and oxygen atoms in total. The summed E-state index contributed by atoms with van der Waals surface area (Å²) in [5, 5.41) is 0. The van der Waals surface area contributed by atoms with Crippen LogP contribution in [0.15, 0.2) is 0 Å². The lowest BCUT2D eigenvalue weighted by molar-refractivity contribution is -0.141. The van der Waals surface area contributed by atoms with Crippen molar-refractivity contribution in [2.45, 2.75) is 24.3 Å². The van der Waals surface area contributed by atoms with E-state index in [1.54, 1.807) is 0 Å². The zero-order valence-electron chi connectivity index (χ0n) is 7.10. The lowest BCUT2D eigenvalue weighted by atomic mass is 10.3. The van der Waals surface area contributed by atoms with Gasteiger partial charge in [0.15, 0.2) is 0 Å². The van der Waals surface area contributed by atoms with Gasteiger partial charge in [0.25, 0.3) is 0 Å². The van der Waals surface area contributed by atoms with E-state index in [0.717, 1.165) is 0 Å². The Morgan fingerprint density at radius 1 is 1.58 bits per heavy atom. The topological polar surface area (TPSA) is 35.5 Å². The van der Waals surface area contributed by atoms with Crippen LogP contribution in [0.5, 0.6) is 0 Å². The normalized spacial score (nSPS) is 11.6. The summed E-state index contributed by atoms with van der Waals surface area (Å²) in [6.07, 6.45) is 1.07. The Hall–Kier alpha value is 0.227. The standard InChI is InChI=1S/C6H12Cl2O3Si/c1-5(9)10-4-2-3-6(7,8)11-12/h2-4H2,1,12H3. The fourth-order valence-corrected chi connectivity index (χ4v) is 1.07. The van der Waals surface area contributed by atoms with Crippen LogP contribution in [-0.2, 0) is 14.0 Å². The van der Waals surface area contributed by atoms with E-state index in [4.69, 9.17) is 27.6 Å². The van der Waals surface area contributed by atoms with Crippen molar-refractivity contribution in [2.24, 2.45) is 0 Å². The molecular formula is C6H12Cl2O3Si. The first-order chi connectivity index (χ1) is 5.48. The minimum Gasteiger partial charge on any atom is -0.466 e. The molecular weight excluding hydrogens is 219 g/mol. The third kappa shape index (κ3) is 6.91. The van der Waals surface area contributed by atoms with Crippen LogP contribution in [0, 0.1) is 0 Å². The van der Waals surface area contributed by atoms with E-state index in [1.807, 2.05) is 0 Å². The van der Waals surface area contributed by atoms with Crippen LogP contribution in [-0.4, -0.2) is 27.6 Å². The van der Waals surface area contributed by atoms with Crippen LogP contribution in [0.4, 0.5) is 0 Å². The molecule has 0 heterocycles. The van der Waals surface area contributed by atoms with E-state index < -0.39 is 4.52 Å². The van der Waals surface area contributed by atoms with Crippen LogP contribution in [0.2, 0.25) is 0 Å². The Labute approximate surface area is 84.9 Å². The third-order valence-electron chi connectivity index (χ3n) is 1.22. The molecule has 0 aromatic carbocycles. The predicted octanol–water partition coefficient (Wildman–Crippen LogP) is 0.758. The molecule has 72 valence electrons. The van der Waals surface area contributed by atoms with E-state index in [9.17, 15) is 4.79 Å². The number of rotatable bonds is 5. The maximum atomic E-state index is 10.3. The molecule has 6 heteroatoms. The minimum absolute atomic E-state index is 0.295. The van der Waals surface area contributed by atoms with Gasteiger partial charge in [-0.25, -0.2) is 0 Å². The molecule has 0 unspecified atom stereocenters. The Balaban J connectivity index is 3.37. The lowest BCUT2D eigenvalue weighted by Gasteiger charge is -2.17. The molecule has 0 N–H and O–H groups in total. The fourth-order valence-electron chi connectivity index (χ4n) is 0.596. The highest BCUT2D eigenvalue weighted by Crippen LogP contribution is 2.26. The van der Waals surface area contributed by atoms with Crippen molar-refractivity contribution in [2.75, 3.05) is 6.61 Å². The van der Waals surface area contributed by atoms with E-state index in [0.29, 0.717) is 29.9 Å². The zero-order valence-corrected chi connectivity index (χ0v) is 10.6. The van der Waals surface area contributed by atoms with Crippen molar-refractivity contribution in [3.63, 3.8) is 0 Å². The SMILES string of the molecule is CC(=O)OCCCC(Cl)(Cl)O[SiH3]. The smallest absolute Gasteiger partial charge is 0.302 e. The summed E-state index contributed by atoms with van der Waals surface area (Å²) in [4.78, 5) is 10.3. The number of esters is 1. The molecule has 0 aliphatic rings. The van der Waals surface area contributed by atoms with Gasteiger partial charge < -0.3 is 9.16 Å². The molecule has 0 radical (unpaired) electrons. The molecule has 12 heavy (non-hydrogen) atoms. The van der Waals surface area contributed by atoms with Gasteiger partial charge in [-0.2, -0.15) is 0 Å². The first-order valence-electron chi connectivity index (χ1n) is 3.54. The Bertz CT molecular complexity index is 152. The summed E-state index contributed by atoms with van der Waals surface area (Å²) in [5.41, 5.74) is 0. The Morgan fingerprint density at radius 2 is 2.17 bits per heavy atom. The van der Waals surface area contributed by atoms with Crippen molar-refractivity contribution in [3.8, 4) is 0 Å². The van der Waals surface area contributed by atoms with Crippen molar-refractivity contribution < 1.29 is 14.0 Å². The molecule has 0 spiro atoms. The molecule has 0 bridgehead atoms. The Kier molecular flexibility index (Phi) is 5.91. The molecule has 0 saturated heterocycles. The molecule has 0 atom stereocenters. The monoisotopic (exact) mass is 230 g/mol. The number of halogens is 2. The number of alkyl halides is 2. The second kappa shape index (κ2) is 5.80. The second-order valence-corrected chi connectivity index (χ2v) is 4.11. The number of hydrogen-bond acceptors (Lipinski definition) is 3.